The standard InChI is InChI=1S/C30H23NO2/c1-3-11-21(12-4-1)25-19-23-15-7-9-17-27(23)32-29(25)31-30-26(22-13-5-2-6-14-22)20-24-16-8-10-18-28(24)33-30/h1-20,29-31H. The molecule has 0 fully saturated rings. The number of rotatable bonds is 4. The zero-order valence-electron chi connectivity index (χ0n) is 18.0. The molecule has 33 heavy (non-hydrogen) atoms. The van der Waals surface area contributed by atoms with E-state index >= 15 is 0 Å². The van der Waals surface area contributed by atoms with Crippen LogP contribution in [0.2, 0.25) is 0 Å². The largest absolute Gasteiger partial charge is 0.470 e. The first-order valence-electron chi connectivity index (χ1n) is 11.2. The second kappa shape index (κ2) is 8.45. The van der Waals surface area contributed by atoms with Crippen LogP contribution in [0.15, 0.2) is 109 Å². The molecular formula is C30H23NO2. The van der Waals surface area contributed by atoms with Crippen molar-refractivity contribution < 1.29 is 9.47 Å². The minimum absolute atomic E-state index is 0.371. The highest BCUT2D eigenvalue weighted by Gasteiger charge is 2.31. The summed E-state index contributed by atoms with van der Waals surface area (Å²) in [7, 11) is 0. The summed E-state index contributed by atoms with van der Waals surface area (Å²) in [5.74, 6) is 1.72. The van der Waals surface area contributed by atoms with Crippen molar-refractivity contribution in [3.8, 4) is 11.5 Å². The molecule has 2 heterocycles. The molecule has 2 atom stereocenters. The highest BCUT2D eigenvalue weighted by Crippen LogP contribution is 2.37. The lowest BCUT2D eigenvalue weighted by Gasteiger charge is -2.34. The van der Waals surface area contributed by atoms with E-state index in [9.17, 15) is 0 Å². The number of hydrogen-bond acceptors (Lipinski definition) is 3. The van der Waals surface area contributed by atoms with Crippen LogP contribution in [-0.4, -0.2) is 12.5 Å². The monoisotopic (exact) mass is 429 g/mol. The van der Waals surface area contributed by atoms with E-state index in [0.717, 1.165) is 44.9 Å². The van der Waals surface area contributed by atoms with Crippen molar-refractivity contribution in [2.75, 3.05) is 0 Å². The summed E-state index contributed by atoms with van der Waals surface area (Å²) < 4.78 is 13.0. The van der Waals surface area contributed by atoms with Gasteiger partial charge in [0.1, 0.15) is 11.5 Å². The fourth-order valence-corrected chi connectivity index (χ4v) is 4.40. The molecule has 160 valence electrons. The molecule has 6 rings (SSSR count). The van der Waals surface area contributed by atoms with E-state index in [-0.39, 0.29) is 12.5 Å². The Morgan fingerprint density at radius 2 is 0.848 bits per heavy atom. The lowest BCUT2D eigenvalue weighted by atomic mass is 9.96. The molecule has 0 amide bonds. The van der Waals surface area contributed by atoms with Gasteiger partial charge in [-0.2, -0.15) is 0 Å². The highest BCUT2D eigenvalue weighted by atomic mass is 16.5. The summed E-state index contributed by atoms with van der Waals surface area (Å²) in [6.07, 6.45) is 3.66. The van der Waals surface area contributed by atoms with Crippen molar-refractivity contribution in [3.05, 3.63) is 131 Å². The van der Waals surface area contributed by atoms with Gasteiger partial charge in [0, 0.05) is 22.3 Å². The Balaban J connectivity index is 1.40. The molecule has 1 N–H and O–H groups in total. The third-order valence-electron chi connectivity index (χ3n) is 6.03. The number of hydrogen-bond donors (Lipinski definition) is 1. The van der Waals surface area contributed by atoms with Gasteiger partial charge >= 0.3 is 0 Å². The van der Waals surface area contributed by atoms with Crippen LogP contribution >= 0.6 is 0 Å². The summed E-state index contributed by atoms with van der Waals surface area (Å²) in [5.41, 5.74) is 6.52. The number of benzene rings is 4. The van der Waals surface area contributed by atoms with Gasteiger partial charge in [0.25, 0.3) is 0 Å². The van der Waals surface area contributed by atoms with Gasteiger partial charge in [0.2, 0.25) is 0 Å². The fraction of sp³-hybridized carbons (Fsp3) is 0.0667. The Morgan fingerprint density at radius 1 is 0.455 bits per heavy atom. The molecule has 2 aliphatic heterocycles. The SMILES string of the molecule is C1=C(c2ccccc2)C(NC2Oc3ccccc3C=C2c2ccccc2)Oc2ccccc21. The quantitative estimate of drug-likeness (QED) is 0.402. The van der Waals surface area contributed by atoms with Crippen LogP contribution in [0.25, 0.3) is 23.3 Å². The first kappa shape index (κ1) is 19.6. The molecule has 0 spiro atoms. The molecule has 0 aromatic heterocycles. The van der Waals surface area contributed by atoms with Crippen LogP contribution in [0, 0.1) is 0 Å². The predicted molar refractivity (Wildman–Crippen MR) is 133 cm³/mol. The molecule has 0 aliphatic carbocycles. The third kappa shape index (κ3) is 3.84. The molecule has 0 bridgehead atoms. The summed E-state index contributed by atoms with van der Waals surface area (Å²) >= 11 is 0. The van der Waals surface area contributed by atoms with Crippen LogP contribution in [0.3, 0.4) is 0 Å². The highest BCUT2D eigenvalue weighted by molar-refractivity contribution is 5.89. The van der Waals surface area contributed by atoms with E-state index in [0.29, 0.717) is 0 Å². The van der Waals surface area contributed by atoms with Crippen molar-refractivity contribution in [1.29, 1.82) is 0 Å². The Hall–Kier alpha value is -4.08. The minimum Gasteiger partial charge on any atom is -0.470 e. The molecule has 3 heteroatoms. The normalized spacial score (nSPS) is 18.7. The topological polar surface area (TPSA) is 30.5 Å². The summed E-state index contributed by atoms with van der Waals surface area (Å²) in [4.78, 5) is 0. The van der Waals surface area contributed by atoms with Gasteiger partial charge in [-0.1, -0.05) is 97.1 Å². The average Bonchev–Trinajstić information content (AvgIpc) is 2.89. The molecule has 4 aromatic rings. The van der Waals surface area contributed by atoms with Gasteiger partial charge in [-0.25, -0.2) is 5.32 Å². The average molecular weight is 430 g/mol. The Morgan fingerprint density at radius 3 is 1.30 bits per heavy atom. The van der Waals surface area contributed by atoms with E-state index in [1.165, 1.54) is 0 Å². The van der Waals surface area contributed by atoms with Crippen LogP contribution in [0.5, 0.6) is 11.5 Å². The zero-order valence-corrected chi connectivity index (χ0v) is 18.0. The van der Waals surface area contributed by atoms with Gasteiger partial charge in [-0.3, -0.25) is 0 Å². The van der Waals surface area contributed by atoms with Gasteiger partial charge in [-0.15, -0.1) is 0 Å². The molecule has 0 saturated carbocycles. The minimum atomic E-state index is -0.371. The third-order valence-corrected chi connectivity index (χ3v) is 6.03. The van der Waals surface area contributed by atoms with Crippen molar-refractivity contribution in [2.24, 2.45) is 0 Å². The number of fused-ring (bicyclic) bond motifs is 2. The smallest absolute Gasteiger partial charge is 0.180 e. The number of para-hydroxylation sites is 2. The van der Waals surface area contributed by atoms with Crippen molar-refractivity contribution in [1.82, 2.24) is 5.32 Å². The Bertz CT molecular complexity index is 1240. The molecule has 0 saturated heterocycles. The van der Waals surface area contributed by atoms with Crippen molar-refractivity contribution in [3.63, 3.8) is 0 Å². The van der Waals surface area contributed by atoms with Crippen LogP contribution in [0.4, 0.5) is 0 Å². The van der Waals surface area contributed by atoms with E-state index < -0.39 is 0 Å². The predicted octanol–water partition coefficient (Wildman–Crippen LogP) is 6.49. The molecule has 4 aromatic carbocycles. The first-order valence-corrected chi connectivity index (χ1v) is 11.2. The lowest BCUT2D eigenvalue weighted by Crippen LogP contribution is -2.47. The van der Waals surface area contributed by atoms with E-state index in [2.05, 4.69) is 78.1 Å². The van der Waals surface area contributed by atoms with Crippen molar-refractivity contribution >= 4 is 23.3 Å². The Kier molecular flexibility index (Phi) is 5.02. The van der Waals surface area contributed by atoms with Crippen LogP contribution < -0.4 is 14.8 Å². The maximum atomic E-state index is 6.49. The van der Waals surface area contributed by atoms with E-state index in [1.807, 2.05) is 48.5 Å². The second-order valence-electron chi connectivity index (χ2n) is 8.17. The van der Waals surface area contributed by atoms with Crippen LogP contribution in [0.1, 0.15) is 22.3 Å². The molecular weight excluding hydrogens is 406 g/mol. The van der Waals surface area contributed by atoms with Crippen molar-refractivity contribution in [2.45, 2.75) is 12.5 Å². The van der Waals surface area contributed by atoms with Gasteiger partial charge in [0.05, 0.1) is 0 Å². The zero-order chi connectivity index (χ0) is 22.0. The second-order valence-corrected chi connectivity index (χ2v) is 8.17. The van der Waals surface area contributed by atoms with Crippen LogP contribution in [-0.2, 0) is 0 Å². The lowest BCUT2D eigenvalue weighted by molar-refractivity contribution is 0.132. The number of nitrogens with one attached hydrogen (secondary N) is 1. The molecule has 0 radical (unpaired) electrons. The van der Waals surface area contributed by atoms with Gasteiger partial charge in [-0.05, 0) is 35.4 Å². The first-order chi connectivity index (χ1) is 16.3. The summed E-state index contributed by atoms with van der Waals surface area (Å²) in [6, 6.07) is 37.0. The van der Waals surface area contributed by atoms with E-state index in [4.69, 9.17) is 9.47 Å². The number of ether oxygens (including phenoxy) is 2. The van der Waals surface area contributed by atoms with Gasteiger partial charge < -0.3 is 9.47 Å². The molecule has 2 unspecified atom stereocenters. The maximum absolute atomic E-state index is 6.49. The maximum Gasteiger partial charge on any atom is 0.180 e. The van der Waals surface area contributed by atoms with Gasteiger partial charge in [0.15, 0.2) is 12.5 Å². The summed E-state index contributed by atoms with van der Waals surface area (Å²) in [5, 5.41) is 3.66. The van der Waals surface area contributed by atoms with E-state index in [1.54, 1.807) is 0 Å². The summed E-state index contributed by atoms with van der Waals surface area (Å²) in [6.45, 7) is 0. The molecule has 2 aliphatic rings. The fourth-order valence-electron chi connectivity index (χ4n) is 4.40. The molecule has 3 nitrogen and oxygen atoms in total. The Labute approximate surface area is 193 Å².